The average Bonchev–Trinajstić information content (AvgIpc) is 3.12. The highest BCUT2D eigenvalue weighted by molar-refractivity contribution is 8.18. The summed E-state index contributed by atoms with van der Waals surface area (Å²) < 4.78 is 11.3. The number of hydrogen-bond acceptors (Lipinski definition) is 6. The quantitative estimate of drug-likeness (QED) is 0.316. The van der Waals surface area contributed by atoms with Crippen LogP contribution >= 0.6 is 35.0 Å². The number of aryl methyl sites for hydroxylation is 1. The minimum absolute atomic E-state index is 0.204. The standard InChI is InChI=1S/C27H22Cl2N2O5S/c1-16-3-8-20(9-4-16)30-25(32)14-31-26(33)24(37-27(31)34)12-17-5-10-22(23(11-17)35-2)36-15-18-6-7-19(28)13-21(18)29/h3-13H,14-15H2,1-2H3,(H,30,32)/b24-12+. The van der Waals surface area contributed by atoms with Crippen LogP contribution in [-0.4, -0.2) is 35.6 Å². The Balaban J connectivity index is 1.43. The number of hydrogen-bond donors (Lipinski definition) is 1. The van der Waals surface area contributed by atoms with Gasteiger partial charge in [0.1, 0.15) is 13.2 Å². The van der Waals surface area contributed by atoms with E-state index in [1.807, 2.05) is 19.1 Å². The summed E-state index contributed by atoms with van der Waals surface area (Å²) >= 11 is 12.9. The summed E-state index contributed by atoms with van der Waals surface area (Å²) in [5.41, 5.74) is 3.03. The first-order valence-electron chi connectivity index (χ1n) is 11.1. The predicted molar refractivity (Wildman–Crippen MR) is 146 cm³/mol. The molecule has 7 nitrogen and oxygen atoms in total. The molecule has 1 saturated heterocycles. The third-order valence-electron chi connectivity index (χ3n) is 5.39. The summed E-state index contributed by atoms with van der Waals surface area (Å²) in [5.74, 6) is -0.0795. The van der Waals surface area contributed by atoms with Crippen molar-refractivity contribution < 1.29 is 23.9 Å². The van der Waals surface area contributed by atoms with E-state index in [-0.39, 0.29) is 18.1 Å². The molecule has 1 fully saturated rings. The second kappa shape index (κ2) is 11.7. The van der Waals surface area contributed by atoms with Gasteiger partial charge < -0.3 is 14.8 Å². The number of halogens is 2. The second-order valence-corrected chi connectivity index (χ2v) is 9.95. The van der Waals surface area contributed by atoms with E-state index in [1.165, 1.54) is 7.11 Å². The third-order valence-corrected chi connectivity index (χ3v) is 6.89. The molecule has 3 aromatic carbocycles. The first-order valence-corrected chi connectivity index (χ1v) is 12.7. The highest BCUT2D eigenvalue weighted by Crippen LogP contribution is 2.35. The first-order chi connectivity index (χ1) is 17.7. The largest absolute Gasteiger partial charge is 0.493 e. The lowest BCUT2D eigenvalue weighted by Crippen LogP contribution is -2.36. The molecule has 0 atom stereocenters. The van der Waals surface area contributed by atoms with E-state index in [4.69, 9.17) is 32.7 Å². The molecule has 4 rings (SSSR count). The fourth-order valence-corrected chi connectivity index (χ4v) is 4.76. The number of nitrogens with one attached hydrogen (secondary N) is 1. The summed E-state index contributed by atoms with van der Waals surface area (Å²) in [6.45, 7) is 1.76. The topological polar surface area (TPSA) is 84.9 Å². The molecule has 0 radical (unpaired) electrons. The number of ether oxygens (including phenoxy) is 2. The zero-order chi connectivity index (χ0) is 26.5. The highest BCUT2D eigenvalue weighted by atomic mass is 35.5. The van der Waals surface area contributed by atoms with Gasteiger partial charge in [-0.25, -0.2) is 0 Å². The van der Waals surface area contributed by atoms with E-state index >= 15 is 0 Å². The van der Waals surface area contributed by atoms with Crippen molar-refractivity contribution in [2.24, 2.45) is 0 Å². The molecule has 0 bridgehead atoms. The lowest BCUT2D eigenvalue weighted by atomic mass is 10.1. The van der Waals surface area contributed by atoms with Gasteiger partial charge in [0.25, 0.3) is 11.1 Å². The van der Waals surface area contributed by atoms with Gasteiger partial charge in [-0.3, -0.25) is 19.3 Å². The maximum absolute atomic E-state index is 12.8. The Morgan fingerprint density at radius 2 is 1.78 bits per heavy atom. The van der Waals surface area contributed by atoms with Crippen molar-refractivity contribution in [2.75, 3.05) is 19.0 Å². The lowest BCUT2D eigenvalue weighted by Gasteiger charge is -2.13. The minimum Gasteiger partial charge on any atom is -0.493 e. The molecular weight excluding hydrogens is 535 g/mol. The Morgan fingerprint density at radius 1 is 1.03 bits per heavy atom. The Hall–Kier alpha value is -3.46. The molecule has 190 valence electrons. The number of thioether (sulfide) groups is 1. The number of imide groups is 1. The Kier molecular flexibility index (Phi) is 8.43. The summed E-state index contributed by atoms with van der Waals surface area (Å²) in [7, 11) is 1.50. The van der Waals surface area contributed by atoms with Crippen LogP contribution in [0.3, 0.4) is 0 Å². The molecule has 37 heavy (non-hydrogen) atoms. The van der Waals surface area contributed by atoms with Gasteiger partial charge in [0.2, 0.25) is 5.91 Å². The van der Waals surface area contributed by atoms with E-state index in [9.17, 15) is 14.4 Å². The van der Waals surface area contributed by atoms with E-state index in [2.05, 4.69) is 5.32 Å². The van der Waals surface area contributed by atoms with Crippen molar-refractivity contribution in [2.45, 2.75) is 13.5 Å². The van der Waals surface area contributed by atoms with Crippen molar-refractivity contribution in [1.29, 1.82) is 0 Å². The fourth-order valence-electron chi connectivity index (χ4n) is 3.46. The molecule has 1 heterocycles. The third kappa shape index (κ3) is 6.65. The van der Waals surface area contributed by atoms with Gasteiger partial charge in [-0.05, 0) is 66.7 Å². The van der Waals surface area contributed by atoms with Crippen LogP contribution < -0.4 is 14.8 Å². The van der Waals surface area contributed by atoms with Gasteiger partial charge in [0.05, 0.1) is 12.0 Å². The molecule has 0 spiro atoms. The molecule has 3 aromatic rings. The Bertz CT molecular complexity index is 1390. The van der Waals surface area contributed by atoms with Crippen molar-refractivity contribution >= 4 is 63.8 Å². The molecule has 0 unspecified atom stereocenters. The molecule has 3 amide bonds. The number of rotatable bonds is 8. The van der Waals surface area contributed by atoms with Crippen LogP contribution in [0.2, 0.25) is 10.0 Å². The van der Waals surface area contributed by atoms with Crippen LogP contribution in [0.15, 0.2) is 65.6 Å². The summed E-state index contributed by atoms with van der Waals surface area (Å²) in [6, 6.07) is 17.5. The molecule has 1 aliphatic rings. The van der Waals surface area contributed by atoms with Gasteiger partial charge in [-0.2, -0.15) is 0 Å². The SMILES string of the molecule is COc1cc(/C=C2/SC(=O)N(CC(=O)Nc3ccc(C)cc3)C2=O)ccc1OCc1ccc(Cl)cc1Cl. The van der Waals surface area contributed by atoms with Gasteiger partial charge in [-0.1, -0.05) is 53.0 Å². The number of nitrogens with zero attached hydrogens (tertiary/aromatic N) is 1. The minimum atomic E-state index is -0.536. The summed E-state index contributed by atoms with van der Waals surface area (Å²) in [4.78, 5) is 38.8. The molecule has 1 N–H and O–H groups in total. The normalized spacial score (nSPS) is 14.3. The molecule has 0 aromatic heterocycles. The average molecular weight is 557 g/mol. The van der Waals surface area contributed by atoms with Gasteiger partial charge in [-0.15, -0.1) is 0 Å². The number of anilines is 1. The number of amides is 3. The van der Waals surface area contributed by atoms with Gasteiger partial charge >= 0.3 is 0 Å². The Morgan fingerprint density at radius 3 is 2.49 bits per heavy atom. The van der Waals surface area contributed by atoms with Crippen LogP contribution in [0, 0.1) is 6.92 Å². The van der Waals surface area contributed by atoms with Crippen molar-refractivity contribution in [3.8, 4) is 11.5 Å². The lowest BCUT2D eigenvalue weighted by molar-refractivity contribution is -0.127. The van der Waals surface area contributed by atoms with E-state index in [0.29, 0.717) is 32.8 Å². The fraction of sp³-hybridized carbons (Fsp3) is 0.148. The first kappa shape index (κ1) is 26.6. The van der Waals surface area contributed by atoms with Crippen molar-refractivity contribution in [3.05, 3.63) is 92.3 Å². The zero-order valence-corrected chi connectivity index (χ0v) is 22.2. The van der Waals surface area contributed by atoms with Gasteiger partial charge in [0.15, 0.2) is 11.5 Å². The maximum Gasteiger partial charge on any atom is 0.294 e. The van der Waals surface area contributed by atoms with Crippen LogP contribution in [0.1, 0.15) is 16.7 Å². The van der Waals surface area contributed by atoms with Crippen LogP contribution in [-0.2, 0) is 16.2 Å². The summed E-state index contributed by atoms with van der Waals surface area (Å²) in [6.07, 6.45) is 1.57. The van der Waals surface area contributed by atoms with Crippen molar-refractivity contribution in [1.82, 2.24) is 4.90 Å². The van der Waals surface area contributed by atoms with E-state index in [1.54, 1.807) is 54.6 Å². The smallest absolute Gasteiger partial charge is 0.294 e. The zero-order valence-electron chi connectivity index (χ0n) is 19.9. The van der Waals surface area contributed by atoms with E-state index in [0.717, 1.165) is 27.8 Å². The second-order valence-electron chi connectivity index (χ2n) is 8.12. The number of benzene rings is 3. The number of methoxy groups -OCH3 is 1. The summed E-state index contributed by atoms with van der Waals surface area (Å²) in [5, 5.41) is 3.21. The molecule has 0 aliphatic carbocycles. The highest BCUT2D eigenvalue weighted by Gasteiger charge is 2.36. The molecule has 0 saturated carbocycles. The Labute approximate surface area is 228 Å². The van der Waals surface area contributed by atoms with Gasteiger partial charge in [0, 0.05) is 21.3 Å². The monoisotopic (exact) mass is 556 g/mol. The van der Waals surface area contributed by atoms with Crippen LogP contribution in [0.5, 0.6) is 11.5 Å². The van der Waals surface area contributed by atoms with E-state index < -0.39 is 17.1 Å². The maximum atomic E-state index is 12.8. The predicted octanol–water partition coefficient (Wildman–Crippen LogP) is 6.56. The van der Waals surface area contributed by atoms with Crippen LogP contribution in [0.25, 0.3) is 6.08 Å². The van der Waals surface area contributed by atoms with Crippen molar-refractivity contribution in [3.63, 3.8) is 0 Å². The van der Waals surface area contributed by atoms with Crippen LogP contribution in [0.4, 0.5) is 10.5 Å². The molecule has 10 heteroatoms. The molecular formula is C27H22Cl2N2O5S. The molecule has 1 aliphatic heterocycles. The number of carbonyl (C=O) groups excluding carboxylic acids is 3. The number of carbonyl (C=O) groups is 3.